The van der Waals surface area contributed by atoms with Crippen molar-refractivity contribution in [2.45, 2.75) is 20.3 Å². The van der Waals surface area contributed by atoms with Crippen LogP contribution in [0.15, 0.2) is 53.4 Å². The lowest BCUT2D eigenvalue weighted by atomic mass is 10.1. The second kappa shape index (κ2) is 7.46. The molecule has 0 aliphatic heterocycles. The molecular formula is C20H18N4OS2. The maximum atomic E-state index is 12.4. The van der Waals surface area contributed by atoms with E-state index in [2.05, 4.69) is 41.5 Å². The molecule has 0 fully saturated rings. The average molecular weight is 395 g/mol. The van der Waals surface area contributed by atoms with Crippen LogP contribution in [0.5, 0.6) is 0 Å². The van der Waals surface area contributed by atoms with Crippen LogP contribution in [0.25, 0.3) is 16.4 Å². The summed E-state index contributed by atoms with van der Waals surface area (Å²) in [6, 6.07) is 12.2. The molecule has 1 amide bonds. The summed E-state index contributed by atoms with van der Waals surface area (Å²) in [4.78, 5) is 22.5. The van der Waals surface area contributed by atoms with Gasteiger partial charge in [-0.25, -0.2) is 9.97 Å². The van der Waals surface area contributed by atoms with Gasteiger partial charge in [0, 0.05) is 15.8 Å². The minimum absolute atomic E-state index is 0.0612. The van der Waals surface area contributed by atoms with E-state index >= 15 is 0 Å². The van der Waals surface area contributed by atoms with Crippen LogP contribution in [-0.4, -0.2) is 20.4 Å². The summed E-state index contributed by atoms with van der Waals surface area (Å²) in [7, 11) is 0. The first-order chi connectivity index (χ1) is 13.1. The zero-order valence-corrected chi connectivity index (χ0v) is 16.6. The van der Waals surface area contributed by atoms with Crippen molar-refractivity contribution < 1.29 is 4.79 Å². The predicted molar refractivity (Wildman–Crippen MR) is 111 cm³/mol. The third-order valence-corrected chi connectivity index (χ3v) is 5.85. The highest BCUT2D eigenvalue weighted by atomic mass is 32.1. The second-order valence-corrected chi connectivity index (χ2v) is 8.08. The Labute approximate surface area is 165 Å². The van der Waals surface area contributed by atoms with Crippen molar-refractivity contribution in [3.63, 3.8) is 0 Å². The minimum Gasteiger partial charge on any atom is -0.310 e. The van der Waals surface area contributed by atoms with E-state index in [1.54, 1.807) is 17.5 Å². The molecule has 0 aliphatic carbocycles. The number of thiazole rings is 1. The van der Waals surface area contributed by atoms with Crippen molar-refractivity contribution in [1.82, 2.24) is 14.5 Å². The van der Waals surface area contributed by atoms with Crippen molar-refractivity contribution in [3.8, 4) is 16.4 Å². The number of aromatic nitrogens is 3. The highest BCUT2D eigenvalue weighted by Crippen LogP contribution is 2.27. The number of carbonyl (C=O) groups is 1. The van der Waals surface area contributed by atoms with Gasteiger partial charge in [0.1, 0.15) is 11.6 Å². The summed E-state index contributed by atoms with van der Waals surface area (Å²) >= 11 is 3.11. The summed E-state index contributed by atoms with van der Waals surface area (Å²) in [5, 5.41) is 7.74. The Hall–Kier alpha value is -2.77. The highest BCUT2D eigenvalue weighted by molar-refractivity contribution is 7.12. The zero-order chi connectivity index (χ0) is 18.8. The molecule has 1 N–H and O–H groups in total. The van der Waals surface area contributed by atoms with Gasteiger partial charge in [0.25, 0.3) is 0 Å². The van der Waals surface area contributed by atoms with Crippen molar-refractivity contribution in [2.24, 2.45) is 0 Å². The van der Waals surface area contributed by atoms with Gasteiger partial charge in [-0.1, -0.05) is 35.9 Å². The zero-order valence-electron chi connectivity index (χ0n) is 15.0. The lowest BCUT2D eigenvalue weighted by molar-refractivity contribution is -0.115. The SMILES string of the molecule is Cc1ccc(-c2csc(-n3c(NC(=O)Cc4cccs4)cnc3C)n2)cc1. The second-order valence-electron chi connectivity index (χ2n) is 6.21. The van der Waals surface area contributed by atoms with E-state index in [-0.39, 0.29) is 5.91 Å². The number of anilines is 1. The van der Waals surface area contributed by atoms with Crippen LogP contribution in [0.2, 0.25) is 0 Å². The van der Waals surface area contributed by atoms with Crippen molar-refractivity contribution in [1.29, 1.82) is 0 Å². The van der Waals surface area contributed by atoms with Gasteiger partial charge in [-0.3, -0.25) is 9.36 Å². The van der Waals surface area contributed by atoms with E-state index < -0.39 is 0 Å². The maximum absolute atomic E-state index is 12.4. The number of hydrogen-bond donors (Lipinski definition) is 1. The molecule has 0 saturated carbocycles. The van der Waals surface area contributed by atoms with Gasteiger partial charge in [-0.15, -0.1) is 22.7 Å². The molecule has 4 rings (SSSR count). The van der Waals surface area contributed by atoms with E-state index in [0.29, 0.717) is 12.2 Å². The molecule has 0 aliphatic rings. The third-order valence-electron chi connectivity index (χ3n) is 4.15. The first-order valence-corrected chi connectivity index (χ1v) is 10.3. The Morgan fingerprint density at radius 2 is 1.96 bits per heavy atom. The number of nitrogens with one attached hydrogen (secondary N) is 1. The van der Waals surface area contributed by atoms with Gasteiger partial charge < -0.3 is 5.32 Å². The van der Waals surface area contributed by atoms with Crippen LogP contribution in [0.4, 0.5) is 5.82 Å². The number of nitrogens with zero attached hydrogens (tertiary/aromatic N) is 3. The molecule has 4 aromatic rings. The van der Waals surface area contributed by atoms with Gasteiger partial charge in [0.05, 0.1) is 18.3 Å². The van der Waals surface area contributed by atoms with E-state index in [1.165, 1.54) is 16.9 Å². The molecule has 7 heteroatoms. The highest BCUT2D eigenvalue weighted by Gasteiger charge is 2.15. The van der Waals surface area contributed by atoms with Crippen molar-refractivity contribution in [3.05, 3.63) is 69.6 Å². The van der Waals surface area contributed by atoms with E-state index in [1.807, 2.05) is 34.4 Å². The lowest BCUT2D eigenvalue weighted by Crippen LogP contribution is -2.16. The van der Waals surface area contributed by atoms with Crippen LogP contribution in [0, 0.1) is 13.8 Å². The van der Waals surface area contributed by atoms with Crippen LogP contribution in [0.3, 0.4) is 0 Å². The van der Waals surface area contributed by atoms with E-state index in [4.69, 9.17) is 4.98 Å². The van der Waals surface area contributed by atoms with Crippen molar-refractivity contribution in [2.75, 3.05) is 5.32 Å². The van der Waals surface area contributed by atoms with Crippen LogP contribution in [-0.2, 0) is 11.2 Å². The summed E-state index contributed by atoms with van der Waals surface area (Å²) in [6.45, 7) is 3.97. The number of benzene rings is 1. The van der Waals surface area contributed by atoms with E-state index in [0.717, 1.165) is 27.1 Å². The Balaban J connectivity index is 1.58. The van der Waals surface area contributed by atoms with Gasteiger partial charge >= 0.3 is 0 Å². The topological polar surface area (TPSA) is 59.8 Å². The predicted octanol–water partition coefficient (Wildman–Crippen LogP) is 4.86. The number of aryl methyl sites for hydroxylation is 2. The largest absolute Gasteiger partial charge is 0.310 e. The van der Waals surface area contributed by atoms with Gasteiger partial charge in [0.2, 0.25) is 5.91 Å². The molecule has 3 heterocycles. The van der Waals surface area contributed by atoms with Crippen LogP contribution >= 0.6 is 22.7 Å². The Morgan fingerprint density at radius 3 is 2.70 bits per heavy atom. The first kappa shape index (κ1) is 17.6. The standard InChI is InChI=1S/C20H18N4OS2/c1-13-5-7-15(8-6-13)17-12-27-20(22-17)24-14(2)21-11-18(24)23-19(25)10-16-4-3-9-26-16/h3-9,11-12H,10H2,1-2H3,(H,23,25). The van der Waals surface area contributed by atoms with Gasteiger partial charge in [-0.05, 0) is 25.3 Å². The molecule has 3 aromatic heterocycles. The molecule has 0 bridgehead atoms. The Morgan fingerprint density at radius 1 is 1.15 bits per heavy atom. The smallest absolute Gasteiger partial charge is 0.230 e. The monoisotopic (exact) mass is 394 g/mol. The molecule has 27 heavy (non-hydrogen) atoms. The summed E-state index contributed by atoms with van der Waals surface area (Å²) in [6.07, 6.45) is 2.03. The molecule has 0 radical (unpaired) electrons. The number of imidazole rings is 1. The number of hydrogen-bond acceptors (Lipinski definition) is 5. The Bertz CT molecular complexity index is 1060. The van der Waals surface area contributed by atoms with Gasteiger partial charge in [0.15, 0.2) is 5.13 Å². The fourth-order valence-corrected chi connectivity index (χ4v) is 4.35. The summed E-state index contributed by atoms with van der Waals surface area (Å²) in [5.74, 6) is 1.36. The van der Waals surface area contributed by atoms with Crippen LogP contribution < -0.4 is 5.32 Å². The van der Waals surface area contributed by atoms with Crippen molar-refractivity contribution >= 4 is 34.4 Å². The fourth-order valence-electron chi connectivity index (χ4n) is 2.76. The normalized spacial score (nSPS) is 10.9. The number of carbonyl (C=O) groups excluding carboxylic acids is 1. The maximum Gasteiger partial charge on any atom is 0.230 e. The molecule has 5 nitrogen and oxygen atoms in total. The first-order valence-electron chi connectivity index (χ1n) is 8.49. The quantitative estimate of drug-likeness (QED) is 0.526. The summed E-state index contributed by atoms with van der Waals surface area (Å²) < 4.78 is 1.88. The fraction of sp³-hybridized carbons (Fsp3) is 0.150. The number of rotatable bonds is 5. The van der Waals surface area contributed by atoms with Gasteiger partial charge in [-0.2, -0.15) is 0 Å². The molecule has 0 atom stereocenters. The Kier molecular flexibility index (Phi) is 4.87. The number of thiophene rings is 1. The molecule has 0 saturated heterocycles. The minimum atomic E-state index is -0.0612. The number of amides is 1. The molecule has 1 aromatic carbocycles. The average Bonchev–Trinajstić information content (AvgIpc) is 3.38. The summed E-state index contributed by atoms with van der Waals surface area (Å²) in [5.41, 5.74) is 3.21. The third kappa shape index (κ3) is 3.84. The molecule has 0 unspecified atom stereocenters. The lowest BCUT2D eigenvalue weighted by Gasteiger charge is -2.08. The van der Waals surface area contributed by atoms with E-state index in [9.17, 15) is 4.79 Å². The molecule has 136 valence electrons. The molecule has 0 spiro atoms. The molecular weight excluding hydrogens is 376 g/mol. The van der Waals surface area contributed by atoms with Crippen LogP contribution in [0.1, 0.15) is 16.3 Å².